The van der Waals surface area contributed by atoms with Crippen LogP contribution in [0.15, 0.2) is 24.3 Å². The molecule has 0 aliphatic rings. The van der Waals surface area contributed by atoms with Crippen LogP contribution in [0, 0.1) is 10.1 Å². The zero-order chi connectivity index (χ0) is 12.2. The van der Waals surface area contributed by atoms with Crippen molar-refractivity contribution in [1.82, 2.24) is 0 Å². The number of non-ortho nitro benzene ring substituents is 1. The second-order valence-corrected chi connectivity index (χ2v) is 5.47. The van der Waals surface area contributed by atoms with E-state index in [2.05, 4.69) is 8.15 Å². The van der Waals surface area contributed by atoms with E-state index < -0.39 is 12.5 Å². The van der Waals surface area contributed by atoms with Gasteiger partial charge in [-0.15, -0.1) is 0 Å². The molecule has 0 aromatic heterocycles. The molecule has 1 aromatic rings. The van der Waals surface area contributed by atoms with Gasteiger partial charge in [-0.3, -0.25) is 14.7 Å². The van der Waals surface area contributed by atoms with Crippen molar-refractivity contribution in [3.63, 3.8) is 0 Å². The molecule has 6 nitrogen and oxygen atoms in total. The van der Waals surface area contributed by atoms with Gasteiger partial charge in [0, 0.05) is 12.1 Å². The Labute approximate surface area is 101 Å². The molecule has 0 saturated heterocycles. The fraction of sp³-hybridized carbons (Fsp3) is 0.143. The summed E-state index contributed by atoms with van der Waals surface area (Å²) in [5, 5.41) is 10.4. The lowest BCUT2D eigenvalue weighted by molar-refractivity contribution is -0.384. The molecule has 0 bridgehead atoms. The maximum Gasteiger partial charge on any atom is 0.367 e. The summed E-state index contributed by atoms with van der Waals surface area (Å²) in [6.45, 7) is 0. The average Bonchev–Trinajstić information content (AvgIpc) is 2.29. The molecule has 0 atom stereocenters. The molecule has 0 heterocycles. The number of rotatable bonds is 5. The van der Waals surface area contributed by atoms with Crippen molar-refractivity contribution < 1.29 is 17.6 Å². The lowest BCUT2D eigenvalue weighted by Crippen LogP contribution is -1.91. The number of hydrogen-bond donors (Lipinski definition) is 0. The fourth-order valence-electron chi connectivity index (χ4n) is 1.01. The van der Waals surface area contributed by atoms with Crippen molar-refractivity contribution >= 4 is 37.0 Å². The van der Waals surface area contributed by atoms with Crippen LogP contribution in [0.1, 0.15) is 5.56 Å². The summed E-state index contributed by atoms with van der Waals surface area (Å²) in [7, 11) is -3.58. The molecule has 0 spiro atoms. The molecule has 0 fully saturated rings. The SMILES string of the molecule is O=[N+]([O-])c1ccc(CP(=O)(OCl)OCl)cc1. The summed E-state index contributed by atoms with van der Waals surface area (Å²) in [6, 6.07) is 5.36. The third kappa shape index (κ3) is 3.43. The Morgan fingerprint density at radius 2 is 1.75 bits per heavy atom. The van der Waals surface area contributed by atoms with Crippen molar-refractivity contribution in [1.29, 1.82) is 0 Å². The van der Waals surface area contributed by atoms with Crippen molar-refractivity contribution in [2.45, 2.75) is 6.16 Å². The van der Waals surface area contributed by atoms with Crippen LogP contribution < -0.4 is 0 Å². The van der Waals surface area contributed by atoms with Crippen molar-refractivity contribution in [2.75, 3.05) is 0 Å². The van der Waals surface area contributed by atoms with Crippen LogP contribution in [0.3, 0.4) is 0 Å². The molecule has 0 amide bonds. The zero-order valence-corrected chi connectivity index (χ0v) is 10.1. The first-order valence-electron chi connectivity index (χ1n) is 3.94. The Bertz CT molecular complexity index is 415. The predicted molar refractivity (Wildman–Crippen MR) is 58.3 cm³/mol. The molecule has 9 heteroatoms. The van der Waals surface area contributed by atoms with Gasteiger partial charge in [0.05, 0.1) is 34.8 Å². The minimum Gasteiger partial charge on any atom is -0.258 e. The van der Waals surface area contributed by atoms with Crippen molar-refractivity contribution in [3.05, 3.63) is 39.9 Å². The molecule has 0 N–H and O–H groups in total. The molecule has 0 radical (unpaired) electrons. The topological polar surface area (TPSA) is 78.7 Å². The molecule has 0 aliphatic heterocycles. The number of nitro groups is 1. The second kappa shape index (κ2) is 5.61. The number of hydrogen-bond acceptors (Lipinski definition) is 5. The van der Waals surface area contributed by atoms with E-state index in [-0.39, 0.29) is 11.8 Å². The molecule has 0 saturated carbocycles. The van der Waals surface area contributed by atoms with E-state index in [1.165, 1.54) is 24.3 Å². The van der Waals surface area contributed by atoms with Gasteiger partial charge in [0.1, 0.15) is 0 Å². The third-order valence-electron chi connectivity index (χ3n) is 1.73. The minimum absolute atomic E-state index is 0.0721. The van der Waals surface area contributed by atoms with Gasteiger partial charge in [-0.1, -0.05) is 12.1 Å². The standard InChI is InChI=1S/C7H6Cl2NO5P/c8-14-16(13,15-9)5-6-1-3-7(4-2-6)10(11)12/h1-4H,5H2. The van der Waals surface area contributed by atoms with Crippen LogP contribution in [0.2, 0.25) is 0 Å². The van der Waals surface area contributed by atoms with Gasteiger partial charge >= 0.3 is 7.60 Å². The lowest BCUT2D eigenvalue weighted by Gasteiger charge is -2.08. The third-order valence-corrected chi connectivity index (χ3v) is 4.17. The average molecular weight is 286 g/mol. The van der Waals surface area contributed by atoms with Gasteiger partial charge < -0.3 is 0 Å². The molecule has 16 heavy (non-hydrogen) atoms. The molecular weight excluding hydrogens is 280 g/mol. The smallest absolute Gasteiger partial charge is 0.258 e. The van der Waals surface area contributed by atoms with E-state index in [0.29, 0.717) is 5.56 Å². The van der Waals surface area contributed by atoms with Crippen LogP contribution in [-0.4, -0.2) is 4.92 Å². The Balaban J connectivity index is 2.83. The van der Waals surface area contributed by atoms with Gasteiger partial charge in [0.15, 0.2) is 0 Å². The molecule has 88 valence electrons. The maximum absolute atomic E-state index is 11.5. The fourth-order valence-corrected chi connectivity index (χ4v) is 2.33. The lowest BCUT2D eigenvalue weighted by atomic mass is 10.2. The van der Waals surface area contributed by atoms with Gasteiger partial charge in [0.25, 0.3) is 5.69 Å². The van der Waals surface area contributed by atoms with Crippen LogP contribution in [-0.2, 0) is 18.9 Å². The number of halogens is 2. The Kier molecular flexibility index (Phi) is 4.70. The number of nitrogens with zero attached hydrogens (tertiary/aromatic N) is 1. The number of benzene rings is 1. The molecule has 1 rings (SSSR count). The van der Waals surface area contributed by atoms with Crippen molar-refractivity contribution in [2.24, 2.45) is 0 Å². The van der Waals surface area contributed by atoms with E-state index in [9.17, 15) is 14.7 Å². The molecule has 0 unspecified atom stereocenters. The first kappa shape index (κ1) is 13.4. The van der Waals surface area contributed by atoms with Crippen LogP contribution in [0.5, 0.6) is 0 Å². The minimum atomic E-state index is -3.58. The van der Waals surface area contributed by atoms with Gasteiger partial charge in [-0.2, -0.15) is 8.15 Å². The summed E-state index contributed by atoms with van der Waals surface area (Å²) in [5.74, 6) is 0. The Morgan fingerprint density at radius 3 is 2.12 bits per heavy atom. The van der Waals surface area contributed by atoms with E-state index in [1.807, 2.05) is 0 Å². The molecular formula is C7H6Cl2NO5P. The zero-order valence-electron chi connectivity index (χ0n) is 7.71. The van der Waals surface area contributed by atoms with Crippen molar-refractivity contribution in [3.8, 4) is 0 Å². The van der Waals surface area contributed by atoms with Gasteiger partial charge in [-0.25, -0.2) is 0 Å². The largest absolute Gasteiger partial charge is 0.367 e. The van der Waals surface area contributed by atoms with E-state index >= 15 is 0 Å². The van der Waals surface area contributed by atoms with Crippen LogP contribution in [0.25, 0.3) is 0 Å². The summed E-state index contributed by atoms with van der Waals surface area (Å²) in [4.78, 5) is 9.83. The highest BCUT2D eigenvalue weighted by Gasteiger charge is 2.25. The highest BCUT2D eigenvalue weighted by atomic mass is 35.5. The molecule has 0 aliphatic carbocycles. The first-order chi connectivity index (χ1) is 7.50. The second-order valence-electron chi connectivity index (χ2n) is 2.83. The quantitative estimate of drug-likeness (QED) is 0.469. The Hall–Kier alpha value is -0.650. The Morgan fingerprint density at radius 1 is 1.25 bits per heavy atom. The maximum atomic E-state index is 11.5. The highest BCUT2D eigenvalue weighted by Crippen LogP contribution is 2.53. The first-order valence-corrected chi connectivity index (χ1v) is 6.28. The molecule has 1 aromatic carbocycles. The van der Waals surface area contributed by atoms with E-state index in [1.54, 1.807) is 0 Å². The van der Waals surface area contributed by atoms with E-state index in [4.69, 9.17) is 23.7 Å². The summed E-state index contributed by atoms with van der Waals surface area (Å²) in [6.07, 6.45) is -0.169. The van der Waals surface area contributed by atoms with Crippen LogP contribution in [0.4, 0.5) is 5.69 Å². The van der Waals surface area contributed by atoms with Gasteiger partial charge in [-0.05, 0) is 5.56 Å². The summed E-state index contributed by atoms with van der Waals surface area (Å²) >= 11 is 9.92. The normalized spacial score (nSPS) is 11.4. The monoisotopic (exact) mass is 285 g/mol. The number of nitro benzene ring substituents is 1. The predicted octanol–water partition coefficient (Wildman–Crippen LogP) is 3.63. The van der Waals surface area contributed by atoms with Crippen LogP contribution >= 0.6 is 31.3 Å². The summed E-state index contributed by atoms with van der Waals surface area (Å²) in [5.41, 5.74) is 0.424. The summed E-state index contributed by atoms with van der Waals surface area (Å²) < 4.78 is 19.7. The van der Waals surface area contributed by atoms with Gasteiger partial charge in [0.2, 0.25) is 0 Å². The van der Waals surface area contributed by atoms with E-state index in [0.717, 1.165) is 0 Å². The highest BCUT2D eigenvalue weighted by molar-refractivity contribution is 7.54.